The van der Waals surface area contributed by atoms with Gasteiger partial charge in [0.25, 0.3) is 0 Å². The zero-order chi connectivity index (χ0) is 13.4. The highest BCUT2D eigenvalue weighted by Gasteiger charge is 2.04. The second-order valence-electron chi connectivity index (χ2n) is 4.33. The first-order chi connectivity index (χ1) is 8.61. The molecule has 0 spiro atoms. The molecule has 1 aromatic carbocycles. The fourth-order valence-corrected chi connectivity index (χ4v) is 1.76. The monoisotopic (exact) mass is 264 g/mol. The van der Waals surface area contributed by atoms with Crippen molar-refractivity contribution in [2.75, 3.05) is 5.32 Å². The van der Waals surface area contributed by atoms with Gasteiger partial charge in [0.15, 0.2) is 5.11 Å². The summed E-state index contributed by atoms with van der Waals surface area (Å²) < 4.78 is 0. The molecule has 1 aromatic rings. The van der Waals surface area contributed by atoms with E-state index in [0.29, 0.717) is 11.5 Å². The summed E-state index contributed by atoms with van der Waals surface area (Å²) in [5, 5.41) is 6.03. The predicted octanol–water partition coefficient (Wildman–Crippen LogP) is 3.39. The molecule has 3 nitrogen and oxygen atoms in total. The Morgan fingerprint density at radius 2 is 1.89 bits per heavy atom. The minimum Gasteiger partial charge on any atom is -0.332 e. The molecule has 0 atom stereocenters. The van der Waals surface area contributed by atoms with Crippen LogP contribution in [-0.2, 0) is 4.79 Å². The maximum absolute atomic E-state index is 11.5. The Kier molecular flexibility index (Phi) is 6.36. The molecule has 1 rings (SSSR count). The van der Waals surface area contributed by atoms with Crippen LogP contribution in [-0.4, -0.2) is 11.0 Å². The fourth-order valence-electron chi connectivity index (χ4n) is 1.52. The smallest absolute Gasteiger partial charge is 0.226 e. The van der Waals surface area contributed by atoms with Crippen molar-refractivity contribution in [3.63, 3.8) is 0 Å². The van der Waals surface area contributed by atoms with Gasteiger partial charge in [-0.2, -0.15) is 0 Å². The molecule has 18 heavy (non-hydrogen) atoms. The van der Waals surface area contributed by atoms with Crippen molar-refractivity contribution in [2.24, 2.45) is 0 Å². The minimum atomic E-state index is -0.0203. The van der Waals surface area contributed by atoms with Gasteiger partial charge in [-0.3, -0.25) is 4.79 Å². The molecule has 0 unspecified atom stereocenters. The lowest BCUT2D eigenvalue weighted by Crippen LogP contribution is -2.33. The predicted molar refractivity (Wildman–Crippen MR) is 79.7 cm³/mol. The van der Waals surface area contributed by atoms with Crippen molar-refractivity contribution in [2.45, 2.75) is 39.5 Å². The van der Waals surface area contributed by atoms with Crippen LogP contribution < -0.4 is 10.6 Å². The maximum atomic E-state index is 11.5. The highest BCUT2D eigenvalue weighted by atomic mass is 32.1. The van der Waals surface area contributed by atoms with E-state index in [1.54, 1.807) is 0 Å². The SMILES string of the molecule is CCCCCC(=O)NC(=S)Nc1ccc(C)cc1. The van der Waals surface area contributed by atoms with E-state index in [4.69, 9.17) is 12.2 Å². The summed E-state index contributed by atoms with van der Waals surface area (Å²) in [5.74, 6) is -0.0203. The number of unbranched alkanes of at least 4 members (excludes halogenated alkanes) is 2. The molecule has 0 aliphatic carbocycles. The Labute approximate surface area is 114 Å². The molecule has 0 fully saturated rings. The lowest BCUT2D eigenvalue weighted by molar-refractivity contribution is -0.119. The standard InChI is InChI=1S/C14H20N2OS/c1-3-4-5-6-13(17)16-14(18)15-12-9-7-11(2)8-10-12/h7-10H,3-6H2,1-2H3,(H2,15,16,17,18). The molecular weight excluding hydrogens is 244 g/mol. The van der Waals surface area contributed by atoms with Crippen LogP contribution in [0.2, 0.25) is 0 Å². The van der Waals surface area contributed by atoms with Crippen molar-refractivity contribution >= 4 is 28.9 Å². The summed E-state index contributed by atoms with van der Waals surface area (Å²) in [5.41, 5.74) is 2.08. The van der Waals surface area contributed by atoms with E-state index in [0.717, 1.165) is 24.9 Å². The molecule has 0 heterocycles. The van der Waals surface area contributed by atoms with Gasteiger partial charge in [0.2, 0.25) is 5.91 Å². The number of nitrogens with one attached hydrogen (secondary N) is 2. The van der Waals surface area contributed by atoms with Gasteiger partial charge in [0, 0.05) is 12.1 Å². The van der Waals surface area contributed by atoms with Gasteiger partial charge >= 0.3 is 0 Å². The lowest BCUT2D eigenvalue weighted by atomic mass is 10.2. The molecule has 0 saturated carbocycles. The number of benzene rings is 1. The molecule has 0 saturated heterocycles. The molecule has 0 aromatic heterocycles. The topological polar surface area (TPSA) is 41.1 Å². The van der Waals surface area contributed by atoms with Crippen molar-refractivity contribution < 1.29 is 4.79 Å². The van der Waals surface area contributed by atoms with Crippen LogP contribution in [0.4, 0.5) is 5.69 Å². The average Bonchev–Trinajstić information content (AvgIpc) is 2.32. The van der Waals surface area contributed by atoms with Gasteiger partial charge < -0.3 is 10.6 Å². The number of anilines is 1. The fraction of sp³-hybridized carbons (Fsp3) is 0.429. The van der Waals surface area contributed by atoms with E-state index in [1.165, 1.54) is 5.56 Å². The van der Waals surface area contributed by atoms with E-state index in [9.17, 15) is 4.79 Å². The molecule has 98 valence electrons. The highest BCUT2D eigenvalue weighted by molar-refractivity contribution is 7.80. The van der Waals surface area contributed by atoms with Gasteiger partial charge in [0.05, 0.1) is 0 Å². The zero-order valence-electron chi connectivity index (χ0n) is 11.0. The van der Waals surface area contributed by atoms with Crippen molar-refractivity contribution in [3.05, 3.63) is 29.8 Å². The summed E-state index contributed by atoms with van der Waals surface area (Å²) in [6.45, 7) is 4.14. The Morgan fingerprint density at radius 3 is 2.50 bits per heavy atom. The average molecular weight is 264 g/mol. The Bertz CT molecular complexity index is 401. The number of thiocarbonyl (C=S) groups is 1. The Morgan fingerprint density at radius 1 is 1.22 bits per heavy atom. The van der Waals surface area contributed by atoms with Crippen LogP contribution in [0.3, 0.4) is 0 Å². The molecule has 0 aliphatic rings. The number of hydrogen-bond acceptors (Lipinski definition) is 2. The third kappa shape index (κ3) is 5.77. The quantitative estimate of drug-likeness (QED) is 0.632. The summed E-state index contributed by atoms with van der Waals surface area (Å²) in [7, 11) is 0. The lowest BCUT2D eigenvalue weighted by Gasteiger charge is -2.09. The highest BCUT2D eigenvalue weighted by Crippen LogP contribution is 2.08. The number of rotatable bonds is 5. The van der Waals surface area contributed by atoms with Gasteiger partial charge in [-0.15, -0.1) is 0 Å². The van der Waals surface area contributed by atoms with E-state index in [1.807, 2.05) is 31.2 Å². The number of carbonyl (C=O) groups excluding carboxylic acids is 1. The first-order valence-electron chi connectivity index (χ1n) is 6.29. The molecule has 0 bridgehead atoms. The first-order valence-corrected chi connectivity index (χ1v) is 6.70. The van der Waals surface area contributed by atoms with E-state index < -0.39 is 0 Å². The van der Waals surface area contributed by atoms with Crippen LogP contribution in [0.15, 0.2) is 24.3 Å². The van der Waals surface area contributed by atoms with Crippen LogP contribution >= 0.6 is 12.2 Å². The molecule has 1 amide bonds. The second-order valence-corrected chi connectivity index (χ2v) is 4.73. The van der Waals surface area contributed by atoms with Crippen LogP contribution in [0, 0.1) is 6.92 Å². The summed E-state index contributed by atoms with van der Waals surface area (Å²) >= 11 is 5.08. The summed E-state index contributed by atoms with van der Waals surface area (Å²) in [6, 6.07) is 7.86. The van der Waals surface area contributed by atoms with Gasteiger partial charge in [-0.25, -0.2) is 0 Å². The third-order valence-corrected chi connectivity index (χ3v) is 2.77. The minimum absolute atomic E-state index is 0.0203. The van der Waals surface area contributed by atoms with Crippen LogP contribution in [0.5, 0.6) is 0 Å². The molecular formula is C14H20N2OS. The number of hydrogen-bond donors (Lipinski definition) is 2. The normalized spacial score (nSPS) is 9.89. The number of carbonyl (C=O) groups is 1. The first kappa shape index (κ1) is 14.6. The van der Waals surface area contributed by atoms with Crippen LogP contribution in [0.25, 0.3) is 0 Å². The molecule has 4 heteroatoms. The van der Waals surface area contributed by atoms with E-state index >= 15 is 0 Å². The largest absolute Gasteiger partial charge is 0.332 e. The number of aryl methyl sites for hydroxylation is 1. The number of amides is 1. The molecule has 0 radical (unpaired) electrons. The van der Waals surface area contributed by atoms with Crippen molar-refractivity contribution in [1.82, 2.24) is 5.32 Å². The van der Waals surface area contributed by atoms with Gasteiger partial charge in [0.1, 0.15) is 0 Å². The van der Waals surface area contributed by atoms with Gasteiger partial charge in [-0.1, -0.05) is 37.5 Å². The molecule has 2 N–H and O–H groups in total. The zero-order valence-corrected chi connectivity index (χ0v) is 11.8. The van der Waals surface area contributed by atoms with Crippen molar-refractivity contribution in [3.8, 4) is 0 Å². The Balaban J connectivity index is 2.32. The maximum Gasteiger partial charge on any atom is 0.226 e. The summed E-state index contributed by atoms with van der Waals surface area (Å²) in [6.07, 6.45) is 3.63. The molecule has 0 aliphatic heterocycles. The van der Waals surface area contributed by atoms with Gasteiger partial charge in [-0.05, 0) is 37.7 Å². The summed E-state index contributed by atoms with van der Waals surface area (Å²) in [4.78, 5) is 11.5. The van der Waals surface area contributed by atoms with Crippen LogP contribution in [0.1, 0.15) is 38.2 Å². The second kappa shape index (κ2) is 7.82. The van der Waals surface area contributed by atoms with Crippen molar-refractivity contribution in [1.29, 1.82) is 0 Å². The Hall–Kier alpha value is -1.42. The van der Waals surface area contributed by atoms with E-state index in [2.05, 4.69) is 17.6 Å². The van der Waals surface area contributed by atoms with E-state index in [-0.39, 0.29) is 5.91 Å². The third-order valence-electron chi connectivity index (χ3n) is 2.57.